The molecule has 26 heavy (non-hydrogen) atoms. The van der Waals surface area contributed by atoms with Gasteiger partial charge in [0.25, 0.3) is 0 Å². The lowest BCUT2D eigenvalue weighted by molar-refractivity contribution is 0.241. The molecule has 0 bridgehead atoms. The van der Waals surface area contributed by atoms with Crippen molar-refractivity contribution in [2.75, 3.05) is 25.5 Å². The highest BCUT2D eigenvalue weighted by atomic mass is 19.1. The van der Waals surface area contributed by atoms with Crippen LogP contribution in [0.2, 0.25) is 0 Å². The molecule has 3 aromatic rings. The van der Waals surface area contributed by atoms with E-state index in [0.717, 1.165) is 54.6 Å². The van der Waals surface area contributed by atoms with E-state index in [0.29, 0.717) is 0 Å². The summed E-state index contributed by atoms with van der Waals surface area (Å²) in [6, 6.07) is 10.7. The average molecular weight is 351 g/mol. The van der Waals surface area contributed by atoms with Crippen molar-refractivity contribution in [1.82, 2.24) is 19.9 Å². The van der Waals surface area contributed by atoms with Crippen LogP contribution >= 0.6 is 0 Å². The van der Waals surface area contributed by atoms with Crippen LogP contribution in [0.25, 0.3) is 11.4 Å². The number of hydrogen-bond acceptors (Lipinski definition) is 4. The summed E-state index contributed by atoms with van der Waals surface area (Å²) in [5, 5.41) is 0. The van der Waals surface area contributed by atoms with E-state index in [4.69, 9.17) is 0 Å². The molecule has 3 heterocycles. The zero-order valence-electron chi connectivity index (χ0n) is 15.0. The van der Waals surface area contributed by atoms with E-state index in [2.05, 4.69) is 25.9 Å². The van der Waals surface area contributed by atoms with Crippen molar-refractivity contribution in [3.05, 3.63) is 65.4 Å². The maximum Gasteiger partial charge on any atom is 0.137 e. The number of rotatable bonds is 4. The molecule has 0 atom stereocenters. The molecule has 134 valence electrons. The fourth-order valence-electron chi connectivity index (χ4n) is 3.29. The number of hydrogen-bond donors (Lipinski definition) is 1. The van der Waals surface area contributed by atoms with Gasteiger partial charge in [-0.3, -0.25) is 4.90 Å². The highest BCUT2D eigenvalue weighted by molar-refractivity contribution is 5.56. The van der Waals surface area contributed by atoms with Crippen molar-refractivity contribution in [2.45, 2.75) is 19.5 Å². The number of nitrogens with zero attached hydrogens (tertiary/aromatic N) is 4. The predicted octanol–water partition coefficient (Wildman–Crippen LogP) is 3.24. The van der Waals surface area contributed by atoms with E-state index >= 15 is 0 Å². The maximum absolute atomic E-state index is 13.5. The third-order valence-electron chi connectivity index (χ3n) is 4.68. The normalized spacial score (nSPS) is 14.3. The molecule has 0 unspecified atom stereocenters. The maximum atomic E-state index is 13.5. The molecular formula is C20H22FN5. The molecule has 1 aromatic carbocycles. The second-order valence-electron chi connectivity index (χ2n) is 6.90. The molecule has 6 heteroatoms. The van der Waals surface area contributed by atoms with Crippen LogP contribution in [0.1, 0.15) is 17.0 Å². The average Bonchev–Trinajstić information content (AvgIpc) is 3.05. The van der Waals surface area contributed by atoms with Gasteiger partial charge in [0.2, 0.25) is 0 Å². The summed E-state index contributed by atoms with van der Waals surface area (Å²) in [4.78, 5) is 16.9. The molecule has 0 aliphatic carbocycles. The monoisotopic (exact) mass is 351 g/mol. The van der Waals surface area contributed by atoms with E-state index in [9.17, 15) is 4.39 Å². The van der Waals surface area contributed by atoms with Crippen molar-refractivity contribution >= 4 is 5.82 Å². The fraction of sp³-hybridized carbons (Fsp3) is 0.300. The third kappa shape index (κ3) is 3.46. The van der Waals surface area contributed by atoms with Crippen molar-refractivity contribution in [3.63, 3.8) is 0 Å². The van der Waals surface area contributed by atoms with Crippen LogP contribution in [-0.4, -0.2) is 40.5 Å². The number of fused-ring (bicyclic) bond motifs is 1. The van der Waals surface area contributed by atoms with Gasteiger partial charge in [-0.25, -0.2) is 14.4 Å². The Balaban J connectivity index is 1.47. The number of halogens is 1. The van der Waals surface area contributed by atoms with Crippen LogP contribution < -0.4 is 4.90 Å². The van der Waals surface area contributed by atoms with Gasteiger partial charge in [0, 0.05) is 51.9 Å². The van der Waals surface area contributed by atoms with Crippen molar-refractivity contribution < 1.29 is 4.39 Å². The lowest BCUT2D eigenvalue weighted by Crippen LogP contribution is -2.30. The second kappa shape index (κ2) is 6.88. The van der Waals surface area contributed by atoms with Crippen molar-refractivity contribution in [2.24, 2.45) is 0 Å². The first-order chi connectivity index (χ1) is 12.6. The zero-order chi connectivity index (χ0) is 18.1. The molecule has 4 rings (SSSR count). The fourth-order valence-corrected chi connectivity index (χ4v) is 3.29. The third-order valence-corrected chi connectivity index (χ3v) is 4.68. The van der Waals surface area contributed by atoms with E-state index in [-0.39, 0.29) is 5.82 Å². The van der Waals surface area contributed by atoms with Crippen LogP contribution in [0.4, 0.5) is 10.2 Å². The molecule has 1 aliphatic rings. The van der Waals surface area contributed by atoms with Gasteiger partial charge in [-0.15, -0.1) is 0 Å². The topological polar surface area (TPSA) is 48.0 Å². The Hall–Kier alpha value is -2.73. The lowest BCUT2D eigenvalue weighted by Gasteiger charge is -2.26. The van der Waals surface area contributed by atoms with Crippen molar-refractivity contribution in [1.29, 1.82) is 0 Å². The molecule has 0 spiro atoms. The van der Waals surface area contributed by atoms with Gasteiger partial charge in [0.1, 0.15) is 17.5 Å². The summed E-state index contributed by atoms with van der Waals surface area (Å²) in [5.41, 5.74) is 4.19. The minimum absolute atomic E-state index is 0.243. The molecule has 0 fully saturated rings. The Kier molecular flexibility index (Phi) is 4.42. The van der Waals surface area contributed by atoms with E-state index < -0.39 is 0 Å². The standard InChI is InChI=1S/C20H22FN5/c1-25(2)19-7-6-14(11-22-19)12-26-9-8-17-18(13-26)24-20(23-17)15-4-3-5-16(21)10-15/h3-7,10-11H,8-9,12-13H2,1-2H3,(H,23,24). The Labute approximate surface area is 152 Å². The van der Waals surface area contributed by atoms with Crippen LogP contribution in [0.5, 0.6) is 0 Å². The molecule has 1 N–H and O–H groups in total. The minimum atomic E-state index is -0.243. The number of imidazole rings is 1. The molecule has 0 radical (unpaired) electrons. The van der Waals surface area contributed by atoms with Crippen LogP contribution in [0.3, 0.4) is 0 Å². The van der Waals surface area contributed by atoms with Crippen LogP contribution in [0, 0.1) is 5.82 Å². The highest BCUT2D eigenvalue weighted by Crippen LogP contribution is 2.24. The quantitative estimate of drug-likeness (QED) is 0.784. The van der Waals surface area contributed by atoms with Gasteiger partial charge >= 0.3 is 0 Å². The van der Waals surface area contributed by atoms with E-state index in [1.165, 1.54) is 17.7 Å². The smallest absolute Gasteiger partial charge is 0.137 e. The van der Waals surface area contributed by atoms with Gasteiger partial charge in [-0.1, -0.05) is 18.2 Å². The number of H-pyrrole nitrogens is 1. The molecule has 1 aliphatic heterocycles. The minimum Gasteiger partial charge on any atom is -0.363 e. The first-order valence-electron chi connectivity index (χ1n) is 8.77. The molecule has 5 nitrogen and oxygen atoms in total. The SMILES string of the molecule is CN(C)c1ccc(CN2CCc3nc(-c4cccc(F)c4)[nH]c3C2)cn1. The molecule has 0 saturated heterocycles. The van der Waals surface area contributed by atoms with Crippen LogP contribution in [0.15, 0.2) is 42.6 Å². The first kappa shape index (κ1) is 16.7. The first-order valence-corrected chi connectivity index (χ1v) is 8.77. The summed E-state index contributed by atoms with van der Waals surface area (Å²) >= 11 is 0. The van der Waals surface area contributed by atoms with E-state index in [1.807, 2.05) is 37.3 Å². The second-order valence-corrected chi connectivity index (χ2v) is 6.90. The number of aromatic amines is 1. The Morgan fingerprint density at radius 3 is 2.85 bits per heavy atom. The highest BCUT2D eigenvalue weighted by Gasteiger charge is 2.21. The molecule has 0 amide bonds. The molecule has 0 saturated carbocycles. The Bertz CT molecular complexity index is 901. The summed E-state index contributed by atoms with van der Waals surface area (Å²) < 4.78 is 13.5. The Morgan fingerprint density at radius 1 is 1.23 bits per heavy atom. The van der Waals surface area contributed by atoms with Gasteiger partial charge < -0.3 is 9.88 Å². The molecule has 2 aromatic heterocycles. The van der Waals surface area contributed by atoms with Gasteiger partial charge in [-0.2, -0.15) is 0 Å². The lowest BCUT2D eigenvalue weighted by atomic mass is 10.1. The number of aromatic nitrogens is 3. The number of benzene rings is 1. The van der Waals surface area contributed by atoms with Crippen molar-refractivity contribution in [3.8, 4) is 11.4 Å². The summed E-state index contributed by atoms with van der Waals surface area (Å²) in [5.74, 6) is 1.46. The molecular weight excluding hydrogens is 329 g/mol. The van der Waals surface area contributed by atoms with Crippen LogP contribution in [-0.2, 0) is 19.5 Å². The number of nitrogens with one attached hydrogen (secondary N) is 1. The predicted molar refractivity (Wildman–Crippen MR) is 100 cm³/mol. The summed E-state index contributed by atoms with van der Waals surface area (Å²) in [6.45, 7) is 2.62. The van der Waals surface area contributed by atoms with E-state index in [1.54, 1.807) is 6.07 Å². The number of anilines is 1. The number of pyridine rings is 1. The van der Waals surface area contributed by atoms with Gasteiger partial charge in [0.15, 0.2) is 0 Å². The summed E-state index contributed by atoms with van der Waals surface area (Å²) in [7, 11) is 3.98. The largest absolute Gasteiger partial charge is 0.363 e. The Morgan fingerprint density at radius 2 is 2.12 bits per heavy atom. The zero-order valence-corrected chi connectivity index (χ0v) is 15.0. The van der Waals surface area contributed by atoms with Gasteiger partial charge in [0.05, 0.1) is 11.4 Å². The summed E-state index contributed by atoms with van der Waals surface area (Å²) in [6.07, 6.45) is 2.83. The van der Waals surface area contributed by atoms with Gasteiger partial charge in [-0.05, 0) is 23.8 Å².